The molecule has 6 N–H and O–H groups in total. The number of nitrogens with zero attached hydrogens (tertiary/aromatic N) is 1. The third-order valence-electron chi connectivity index (χ3n) is 4.62. The van der Waals surface area contributed by atoms with Crippen molar-refractivity contribution < 1.29 is 13.2 Å². The molecule has 1 aliphatic rings. The first-order chi connectivity index (χ1) is 12.4. The zero-order valence-electron chi connectivity index (χ0n) is 13.7. The van der Waals surface area contributed by atoms with Crippen LogP contribution in [0.1, 0.15) is 21.6 Å². The van der Waals surface area contributed by atoms with E-state index in [-0.39, 0.29) is 26.6 Å². The maximum atomic E-state index is 13.2. The smallest absolute Gasteiger partial charge is 0.267 e. The minimum Gasteiger partial charge on any atom is -0.396 e. The minimum absolute atomic E-state index is 0.00750. The van der Waals surface area contributed by atoms with Gasteiger partial charge in [0.05, 0.1) is 22.3 Å². The molecule has 0 saturated heterocycles. The number of amides is 1. The van der Waals surface area contributed by atoms with Gasteiger partial charge >= 0.3 is 0 Å². The van der Waals surface area contributed by atoms with Gasteiger partial charge in [-0.1, -0.05) is 6.07 Å². The average Bonchev–Trinajstić information content (AvgIpc) is 2.98. The van der Waals surface area contributed by atoms with Gasteiger partial charge < -0.3 is 21.8 Å². The van der Waals surface area contributed by atoms with Crippen LogP contribution in [0, 0.1) is 0 Å². The van der Waals surface area contributed by atoms with Crippen molar-refractivity contribution in [1.82, 2.24) is 15.3 Å². The second-order valence-electron chi connectivity index (χ2n) is 6.20. The fraction of sp³-hybridized carbons (Fsp3) is 0.176. The van der Waals surface area contributed by atoms with Crippen LogP contribution >= 0.6 is 0 Å². The summed E-state index contributed by atoms with van der Waals surface area (Å²) in [6.07, 6.45) is 3.51. The van der Waals surface area contributed by atoms with Crippen LogP contribution in [0.15, 0.2) is 40.4 Å². The predicted molar refractivity (Wildman–Crippen MR) is 96.3 cm³/mol. The van der Waals surface area contributed by atoms with Crippen molar-refractivity contribution in [3.05, 3.63) is 47.4 Å². The van der Waals surface area contributed by atoms with Crippen molar-refractivity contribution in [2.24, 2.45) is 5.73 Å². The van der Waals surface area contributed by atoms with E-state index < -0.39 is 15.7 Å². The van der Waals surface area contributed by atoms with Crippen molar-refractivity contribution in [3.63, 3.8) is 0 Å². The first kappa shape index (κ1) is 16.6. The van der Waals surface area contributed by atoms with Crippen LogP contribution in [0.5, 0.6) is 0 Å². The number of aromatic nitrogens is 2. The Labute approximate surface area is 149 Å². The molecule has 134 valence electrons. The maximum Gasteiger partial charge on any atom is 0.267 e. The van der Waals surface area contributed by atoms with E-state index in [9.17, 15) is 13.2 Å². The molecule has 1 amide bonds. The molecule has 0 radical (unpaired) electrons. The molecule has 0 saturated carbocycles. The summed E-state index contributed by atoms with van der Waals surface area (Å²) in [7, 11) is -3.88. The molecule has 0 spiro atoms. The van der Waals surface area contributed by atoms with Crippen LogP contribution in [0.25, 0.3) is 10.9 Å². The van der Waals surface area contributed by atoms with Gasteiger partial charge in [0.1, 0.15) is 10.6 Å². The Morgan fingerprint density at radius 1 is 1.19 bits per heavy atom. The van der Waals surface area contributed by atoms with Crippen molar-refractivity contribution >= 4 is 32.3 Å². The molecule has 0 fully saturated rings. The number of anilines is 1. The van der Waals surface area contributed by atoms with Crippen molar-refractivity contribution in [2.75, 3.05) is 12.3 Å². The van der Waals surface area contributed by atoms with E-state index in [2.05, 4.69) is 15.3 Å². The highest BCUT2D eigenvalue weighted by atomic mass is 32.2. The van der Waals surface area contributed by atoms with E-state index in [0.717, 1.165) is 24.1 Å². The lowest BCUT2D eigenvalue weighted by molar-refractivity contribution is 0.0997. The monoisotopic (exact) mass is 371 g/mol. The van der Waals surface area contributed by atoms with Crippen LogP contribution in [0.4, 0.5) is 5.69 Å². The van der Waals surface area contributed by atoms with E-state index in [1.54, 1.807) is 12.1 Å². The molecule has 9 heteroatoms. The number of hydrogen-bond donors (Lipinski definition) is 4. The zero-order valence-corrected chi connectivity index (χ0v) is 14.6. The highest BCUT2D eigenvalue weighted by molar-refractivity contribution is 7.91. The number of fused-ring (bicyclic) bond motifs is 2. The van der Waals surface area contributed by atoms with Gasteiger partial charge in [-0.3, -0.25) is 9.78 Å². The van der Waals surface area contributed by atoms with Crippen LogP contribution in [0.2, 0.25) is 0 Å². The molecule has 0 bridgehead atoms. The Balaban J connectivity index is 1.93. The first-order valence-corrected chi connectivity index (χ1v) is 9.50. The van der Waals surface area contributed by atoms with E-state index in [1.165, 1.54) is 12.4 Å². The second kappa shape index (κ2) is 5.82. The maximum absolute atomic E-state index is 13.2. The number of rotatable bonds is 3. The molecule has 3 heterocycles. The Morgan fingerprint density at radius 3 is 2.77 bits per heavy atom. The van der Waals surface area contributed by atoms with E-state index in [1.807, 2.05) is 6.07 Å². The highest BCUT2D eigenvalue weighted by Gasteiger charge is 2.26. The van der Waals surface area contributed by atoms with Crippen LogP contribution in [-0.4, -0.2) is 30.8 Å². The summed E-state index contributed by atoms with van der Waals surface area (Å²) in [5.41, 5.74) is 13.7. The lowest BCUT2D eigenvalue weighted by Gasteiger charge is -2.18. The lowest BCUT2D eigenvalue weighted by atomic mass is 10.0. The number of carbonyl (C=O) groups excluding carboxylic acids is 1. The molecule has 3 aromatic rings. The summed E-state index contributed by atoms with van der Waals surface area (Å²) in [6, 6.07) is 5.11. The Morgan fingerprint density at radius 2 is 2.00 bits per heavy atom. The molecule has 2 aromatic heterocycles. The molecule has 1 aromatic carbocycles. The Kier molecular flexibility index (Phi) is 3.70. The third-order valence-corrected chi connectivity index (χ3v) is 6.38. The molecule has 0 atom stereocenters. The molecule has 8 nitrogen and oxygen atoms in total. The molecular formula is C17H17N5O3S. The number of carbonyl (C=O) groups is 1. The topological polar surface area (TPSA) is 144 Å². The van der Waals surface area contributed by atoms with Gasteiger partial charge in [0.15, 0.2) is 0 Å². The third kappa shape index (κ3) is 2.44. The number of sulfone groups is 1. The van der Waals surface area contributed by atoms with Crippen LogP contribution < -0.4 is 16.8 Å². The van der Waals surface area contributed by atoms with Crippen LogP contribution in [0.3, 0.4) is 0 Å². The van der Waals surface area contributed by atoms with E-state index in [0.29, 0.717) is 12.1 Å². The second-order valence-corrected chi connectivity index (χ2v) is 8.12. The van der Waals surface area contributed by atoms with E-state index in [4.69, 9.17) is 11.5 Å². The number of primary amides is 1. The van der Waals surface area contributed by atoms with Gasteiger partial charge in [-0.15, -0.1) is 0 Å². The number of benzene rings is 1. The molecule has 0 aliphatic carbocycles. The SMILES string of the molecule is NC(=O)c1[nH]c2cncc(S(=O)(=O)c3ccc4c(c3)CNCC4)c2c1N. The number of H-pyrrole nitrogens is 1. The van der Waals surface area contributed by atoms with Gasteiger partial charge in [-0.05, 0) is 36.2 Å². The summed E-state index contributed by atoms with van der Waals surface area (Å²) in [5.74, 6) is -0.762. The van der Waals surface area contributed by atoms with Crippen molar-refractivity contribution in [3.8, 4) is 0 Å². The number of aromatic amines is 1. The van der Waals surface area contributed by atoms with Crippen LogP contribution in [-0.2, 0) is 22.8 Å². The summed E-state index contributed by atoms with van der Waals surface area (Å²) in [5, 5.41) is 3.46. The number of nitrogens with two attached hydrogens (primary N) is 2. The normalized spacial score (nSPS) is 14.3. The predicted octanol–water partition coefficient (Wildman–Crippen LogP) is 0.722. The van der Waals surface area contributed by atoms with E-state index >= 15 is 0 Å². The summed E-state index contributed by atoms with van der Waals surface area (Å²) in [4.78, 5) is 18.3. The Hall–Kier alpha value is -2.91. The standard InChI is InChI=1S/C17H17N5O3S/c18-15-14-12(22-16(15)17(19)23)7-21-8-13(14)26(24,25)11-2-1-9-3-4-20-6-10(9)5-11/h1-2,5,7-8,20,22H,3-4,6,18H2,(H2,19,23). The first-order valence-electron chi connectivity index (χ1n) is 8.02. The summed E-state index contributed by atoms with van der Waals surface area (Å²) < 4.78 is 26.4. The fourth-order valence-corrected chi connectivity index (χ4v) is 4.78. The Bertz CT molecular complexity index is 1150. The average molecular weight is 371 g/mol. The largest absolute Gasteiger partial charge is 0.396 e. The summed E-state index contributed by atoms with van der Waals surface area (Å²) in [6.45, 7) is 1.50. The lowest BCUT2D eigenvalue weighted by Crippen LogP contribution is -2.23. The quantitative estimate of drug-likeness (QED) is 0.534. The number of hydrogen-bond acceptors (Lipinski definition) is 6. The number of nitrogen functional groups attached to an aromatic ring is 1. The molecule has 0 unspecified atom stereocenters. The van der Waals surface area contributed by atoms with Crippen molar-refractivity contribution in [2.45, 2.75) is 22.8 Å². The van der Waals surface area contributed by atoms with Gasteiger partial charge in [0.2, 0.25) is 9.84 Å². The van der Waals surface area contributed by atoms with Gasteiger partial charge in [0, 0.05) is 18.1 Å². The van der Waals surface area contributed by atoms with Crippen molar-refractivity contribution in [1.29, 1.82) is 0 Å². The summed E-state index contributed by atoms with van der Waals surface area (Å²) >= 11 is 0. The molecule has 4 rings (SSSR count). The van der Waals surface area contributed by atoms with Gasteiger partial charge in [0.25, 0.3) is 5.91 Å². The van der Waals surface area contributed by atoms with Gasteiger partial charge in [-0.2, -0.15) is 0 Å². The van der Waals surface area contributed by atoms with Gasteiger partial charge in [-0.25, -0.2) is 8.42 Å². The number of pyridine rings is 1. The minimum atomic E-state index is -3.88. The zero-order chi connectivity index (χ0) is 18.5. The molecule has 1 aliphatic heterocycles. The molecular weight excluding hydrogens is 354 g/mol. The molecule has 26 heavy (non-hydrogen) atoms. The highest BCUT2D eigenvalue weighted by Crippen LogP contribution is 2.34. The fourth-order valence-electron chi connectivity index (χ4n) is 3.29. The number of nitrogens with one attached hydrogen (secondary N) is 2.